The Kier molecular flexibility index (Phi) is 5.94. The van der Waals surface area contributed by atoms with E-state index in [2.05, 4.69) is 25.5 Å². The van der Waals surface area contributed by atoms with E-state index >= 15 is 0 Å². The number of nitrogens with zero attached hydrogens (tertiary/aromatic N) is 4. The van der Waals surface area contributed by atoms with Crippen molar-refractivity contribution in [1.82, 2.24) is 20.2 Å². The Hall–Kier alpha value is -3.18. The minimum absolute atomic E-state index is 0.0841. The molecule has 1 atom stereocenters. The third-order valence-corrected chi connectivity index (χ3v) is 6.50. The lowest BCUT2D eigenvalue weighted by Crippen LogP contribution is -2.32. The van der Waals surface area contributed by atoms with Gasteiger partial charge in [0.15, 0.2) is 9.84 Å². The molecule has 0 spiro atoms. The Morgan fingerprint density at radius 1 is 1.13 bits per heavy atom. The SMILES string of the molecule is Cc1ncc(-c2ccc(S(=O)(=O)C(C)C)cc2)nc1-c1nnc(NC(=O)C(C)N)o1. The van der Waals surface area contributed by atoms with Crippen LogP contribution < -0.4 is 11.1 Å². The second-order valence-electron chi connectivity index (χ2n) is 7.00. The molecular formula is C19H22N6O4S. The Morgan fingerprint density at radius 2 is 1.80 bits per heavy atom. The number of aromatic nitrogens is 4. The van der Waals surface area contributed by atoms with Crippen LogP contribution in [0.25, 0.3) is 22.8 Å². The number of hydrogen-bond acceptors (Lipinski definition) is 9. The number of rotatable bonds is 6. The molecule has 0 aliphatic rings. The number of hydrogen-bond donors (Lipinski definition) is 2. The molecule has 0 saturated heterocycles. The topological polar surface area (TPSA) is 154 Å². The predicted molar refractivity (Wildman–Crippen MR) is 110 cm³/mol. The second-order valence-corrected chi connectivity index (χ2v) is 9.50. The molecule has 0 radical (unpaired) electrons. The quantitative estimate of drug-likeness (QED) is 0.597. The number of benzene rings is 1. The van der Waals surface area contributed by atoms with Crippen LogP contribution in [0.1, 0.15) is 26.5 Å². The largest absolute Gasteiger partial charge is 0.401 e. The predicted octanol–water partition coefficient (Wildman–Crippen LogP) is 1.97. The summed E-state index contributed by atoms with van der Waals surface area (Å²) < 4.78 is 30.0. The van der Waals surface area contributed by atoms with Crippen LogP contribution in [-0.2, 0) is 14.6 Å². The maximum atomic E-state index is 12.3. The maximum absolute atomic E-state index is 12.3. The number of nitrogens with one attached hydrogen (secondary N) is 1. The van der Waals surface area contributed by atoms with Gasteiger partial charge in [0.05, 0.1) is 33.8 Å². The summed E-state index contributed by atoms with van der Waals surface area (Å²) in [6.07, 6.45) is 1.57. The first-order valence-corrected chi connectivity index (χ1v) is 10.7. The normalized spacial score (nSPS) is 12.7. The van der Waals surface area contributed by atoms with Gasteiger partial charge in [-0.15, -0.1) is 5.10 Å². The van der Waals surface area contributed by atoms with Crippen LogP contribution in [0, 0.1) is 6.92 Å². The second kappa shape index (κ2) is 8.28. The van der Waals surface area contributed by atoms with Gasteiger partial charge in [0.1, 0.15) is 5.69 Å². The fourth-order valence-electron chi connectivity index (χ4n) is 2.47. The van der Waals surface area contributed by atoms with Crippen LogP contribution in [-0.4, -0.2) is 45.8 Å². The lowest BCUT2D eigenvalue weighted by atomic mass is 10.1. The van der Waals surface area contributed by atoms with E-state index < -0.39 is 27.0 Å². The first-order valence-electron chi connectivity index (χ1n) is 9.18. The summed E-state index contributed by atoms with van der Waals surface area (Å²) in [6.45, 7) is 6.53. The summed E-state index contributed by atoms with van der Waals surface area (Å²) in [6, 6.07) is 5.59. The average molecular weight is 430 g/mol. The zero-order chi connectivity index (χ0) is 22.1. The average Bonchev–Trinajstić information content (AvgIpc) is 3.16. The van der Waals surface area contributed by atoms with Gasteiger partial charge in [0, 0.05) is 5.56 Å². The summed E-state index contributed by atoms with van der Waals surface area (Å²) >= 11 is 0. The maximum Gasteiger partial charge on any atom is 0.322 e. The van der Waals surface area contributed by atoms with Gasteiger partial charge in [0.25, 0.3) is 5.89 Å². The van der Waals surface area contributed by atoms with Crippen molar-refractivity contribution in [3.8, 4) is 22.8 Å². The molecule has 1 aromatic carbocycles. The Labute approximate surface area is 173 Å². The summed E-state index contributed by atoms with van der Waals surface area (Å²) in [4.78, 5) is 20.7. The molecule has 0 aliphatic heterocycles. The molecule has 3 aromatic rings. The number of carbonyl (C=O) groups is 1. The van der Waals surface area contributed by atoms with Crippen molar-refractivity contribution in [3.63, 3.8) is 0 Å². The Bertz CT molecular complexity index is 1170. The fraction of sp³-hybridized carbons (Fsp3) is 0.316. The van der Waals surface area contributed by atoms with Gasteiger partial charge >= 0.3 is 6.01 Å². The van der Waals surface area contributed by atoms with Gasteiger partial charge in [-0.05, 0) is 39.8 Å². The molecule has 0 fully saturated rings. The van der Waals surface area contributed by atoms with E-state index in [9.17, 15) is 13.2 Å². The first-order chi connectivity index (χ1) is 14.1. The lowest BCUT2D eigenvalue weighted by molar-refractivity contribution is -0.117. The monoisotopic (exact) mass is 430 g/mol. The van der Waals surface area contributed by atoms with Crippen LogP contribution in [0.15, 0.2) is 39.8 Å². The molecule has 11 heteroatoms. The molecule has 0 aliphatic carbocycles. The fourth-order valence-corrected chi connectivity index (χ4v) is 3.53. The highest BCUT2D eigenvalue weighted by Crippen LogP contribution is 2.26. The van der Waals surface area contributed by atoms with Crippen molar-refractivity contribution in [2.45, 2.75) is 43.9 Å². The van der Waals surface area contributed by atoms with E-state index in [0.717, 1.165) is 0 Å². The number of nitrogens with two attached hydrogens (primary N) is 1. The van der Waals surface area contributed by atoms with Gasteiger partial charge in [-0.2, -0.15) is 0 Å². The summed E-state index contributed by atoms with van der Waals surface area (Å²) in [5.74, 6) is -0.376. The highest BCUT2D eigenvalue weighted by atomic mass is 32.2. The van der Waals surface area contributed by atoms with E-state index in [1.165, 1.54) is 6.92 Å². The van der Waals surface area contributed by atoms with Crippen LogP contribution in [0.2, 0.25) is 0 Å². The lowest BCUT2D eigenvalue weighted by Gasteiger charge is -2.09. The molecule has 3 N–H and O–H groups in total. The van der Waals surface area contributed by atoms with Crippen molar-refractivity contribution in [3.05, 3.63) is 36.2 Å². The molecular weight excluding hydrogens is 408 g/mol. The smallest absolute Gasteiger partial charge is 0.322 e. The van der Waals surface area contributed by atoms with Gasteiger partial charge in [-0.25, -0.2) is 13.4 Å². The molecule has 1 amide bonds. The molecule has 0 saturated carbocycles. The molecule has 10 nitrogen and oxygen atoms in total. The standard InChI is InChI=1S/C19H22N6O4S/c1-10(2)30(27,28)14-7-5-13(6-8-14)15-9-21-12(4)16(22-15)18-24-25-19(29-18)23-17(26)11(3)20/h5-11H,20H2,1-4H3,(H,23,25,26). The third-order valence-electron chi connectivity index (χ3n) is 4.33. The number of aryl methyl sites for hydroxylation is 1. The van der Waals surface area contributed by atoms with Crippen LogP contribution >= 0.6 is 0 Å². The number of anilines is 1. The van der Waals surface area contributed by atoms with E-state index in [1.807, 2.05) is 0 Å². The van der Waals surface area contributed by atoms with Crippen LogP contribution in [0.4, 0.5) is 6.01 Å². The van der Waals surface area contributed by atoms with E-state index in [4.69, 9.17) is 10.2 Å². The van der Waals surface area contributed by atoms with E-state index in [-0.39, 0.29) is 16.8 Å². The molecule has 3 rings (SSSR count). The van der Waals surface area contributed by atoms with Gasteiger partial charge in [-0.1, -0.05) is 17.2 Å². The molecule has 158 valence electrons. The molecule has 0 bridgehead atoms. The van der Waals surface area contributed by atoms with E-state index in [1.54, 1.807) is 51.2 Å². The minimum Gasteiger partial charge on any atom is -0.401 e. The summed E-state index contributed by atoms with van der Waals surface area (Å²) in [5.41, 5.74) is 7.58. The Morgan fingerprint density at radius 3 is 2.40 bits per heavy atom. The van der Waals surface area contributed by atoms with Crippen molar-refractivity contribution < 1.29 is 17.6 Å². The van der Waals surface area contributed by atoms with Crippen molar-refractivity contribution >= 4 is 21.8 Å². The Balaban J connectivity index is 1.91. The highest BCUT2D eigenvalue weighted by molar-refractivity contribution is 7.92. The summed E-state index contributed by atoms with van der Waals surface area (Å²) in [7, 11) is -3.36. The van der Waals surface area contributed by atoms with Gasteiger partial charge < -0.3 is 10.2 Å². The van der Waals surface area contributed by atoms with Gasteiger partial charge in [-0.3, -0.25) is 15.1 Å². The molecule has 1 unspecified atom stereocenters. The van der Waals surface area contributed by atoms with Crippen molar-refractivity contribution in [2.75, 3.05) is 5.32 Å². The zero-order valence-electron chi connectivity index (χ0n) is 16.9. The van der Waals surface area contributed by atoms with Gasteiger partial charge in [0.2, 0.25) is 5.91 Å². The molecule has 2 heterocycles. The van der Waals surface area contributed by atoms with Crippen molar-refractivity contribution in [2.24, 2.45) is 5.73 Å². The summed E-state index contributed by atoms with van der Waals surface area (Å²) in [5, 5.41) is 9.59. The number of sulfone groups is 1. The number of carbonyl (C=O) groups excluding carboxylic acids is 1. The van der Waals surface area contributed by atoms with Crippen molar-refractivity contribution in [1.29, 1.82) is 0 Å². The third kappa shape index (κ3) is 4.36. The first kappa shape index (κ1) is 21.5. The minimum atomic E-state index is -3.36. The number of amides is 1. The molecule has 2 aromatic heterocycles. The van der Waals surface area contributed by atoms with Crippen LogP contribution in [0.5, 0.6) is 0 Å². The highest BCUT2D eigenvalue weighted by Gasteiger charge is 2.20. The van der Waals surface area contributed by atoms with E-state index in [0.29, 0.717) is 22.6 Å². The molecule has 30 heavy (non-hydrogen) atoms. The van der Waals surface area contributed by atoms with Crippen LogP contribution in [0.3, 0.4) is 0 Å². The zero-order valence-corrected chi connectivity index (χ0v) is 17.8.